The lowest BCUT2D eigenvalue weighted by molar-refractivity contribution is 1.07. The number of rotatable bonds is 5. The van der Waals surface area contributed by atoms with Crippen molar-refractivity contribution in [2.45, 2.75) is 0 Å². The number of fused-ring (bicyclic) bond motifs is 1. The van der Waals surface area contributed by atoms with Crippen molar-refractivity contribution in [3.63, 3.8) is 0 Å². The summed E-state index contributed by atoms with van der Waals surface area (Å²) in [5.41, 5.74) is 7.39. The van der Waals surface area contributed by atoms with Crippen LogP contribution >= 0.6 is 0 Å². The van der Waals surface area contributed by atoms with E-state index in [0.717, 1.165) is 33.4 Å². The minimum absolute atomic E-state index is 0.647. The van der Waals surface area contributed by atoms with Gasteiger partial charge >= 0.3 is 0 Å². The Labute approximate surface area is 232 Å². The molecule has 40 heavy (non-hydrogen) atoms. The van der Waals surface area contributed by atoms with E-state index in [1.165, 1.54) is 16.3 Å². The Kier molecular flexibility index (Phi) is 6.11. The Morgan fingerprint density at radius 1 is 0.375 bits per heavy atom. The van der Waals surface area contributed by atoms with Crippen molar-refractivity contribution >= 4 is 10.8 Å². The first kappa shape index (κ1) is 23.6. The van der Waals surface area contributed by atoms with E-state index < -0.39 is 0 Å². The third-order valence-electron chi connectivity index (χ3n) is 7.01. The standard InChI is InChI=1S/C36H24N4/c1-3-10-25(11-4-1)34-38-35(26-12-5-2-6-13-26)40-36(39-34)30-16-7-14-27(23-30)28-19-20-33-29(22-28)15-8-18-32(33)31-17-9-21-37-24-31/h1-24H. The summed E-state index contributed by atoms with van der Waals surface area (Å²) >= 11 is 0. The van der Waals surface area contributed by atoms with Crippen LogP contribution in [-0.2, 0) is 0 Å². The molecule has 0 fully saturated rings. The van der Waals surface area contributed by atoms with Crippen LogP contribution < -0.4 is 0 Å². The maximum Gasteiger partial charge on any atom is 0.164 e. The van der Waals surface area contributed by atoms with Gasteiger partial charge in [0.1, 0.15) is 0 Å². The van der Waals surface area contributed by atoms with E-state index >= 15 is 0 Å². The number of hydrogen-bond acceptors (Lipinski definition) is 4. The van der Waals surface area contributed by atoms with Crippen molar-refractivity contribution < 1.29 is 0 Å². The maximum absolute atomic E-state index is 4.90. The lowest BCUT2D eigenvalue weighted by atomic mass is 9.95. The van der Waals surface area contributed by atoms with Crippen LogP contribution in [0.3, 0.4) is 0 Å². The molecule has 188 valence electrons. The zero-order valence-electron chi connectivity index (χ0n) is 21.6. The van der Waals surface area contributed by atoms with Crippen molar-refractivity contribution in [2.24, 2.45) is 0 Å². The summed E-state index contributed by atoms with van der Waals surface area (Å²) in [5.74, 6) is 1.96. The number of nitrogens with zero attached hydrogens (tertiary/aromatic N) is 4. The summed E-state index contributed by atoms with van der Waals surface area (Å²) in [7, 11) is 0. The van der Waals surface area contributed by atoms with Crippen molar-refractivity contribution in [1.29, 1.82) is 0 Å². The van der Waals surface area contributed by atoms with E-state index in [2.05, 4.69) is 71.7 Å². The molecule has 0 bridgehead atoms. The number of benzene rings is 5. The van der Waals surface area contributed by atoms with Gasteiger partial charge in [-0.25, -0.2) is 15.0 Å². The summed E-state index contributed by atoms with van der Waals surface area (Å²) < 4.78 is 0. The molecule has 2 aromatic heterocycles. The van der Waals surface area contributed by atoms with Gasteiger partial charge in [-0.3, -0.25) is 4.98 Å². The Morgan fingerprint density at radius 2 is 0.950 bits per heavy atom. The number of aromatic nitrogens is 4. The molecule has 7 aromatic rings. The van der Waals surface area contributed by atoms with E-state index in [9.17, 15) is 0 Å². The van der Waals surface area contributed by atoms with Crippen molar-refractivity contribution in [1.82, 2.24) is 19.9 Å². The van der Waals surface area contributed by atoms with Gasteiger partial charge < -0.3 is 0 Å². The third kappa shape index (κ3) is 4.63. The predicted octanol–water partition coefficient (Wildman–Crippen LogP) is 8.75. The molecule has 4 heteroatoms. The molecule has 7 rings (SSSR count). The molecule has 0 N–H and O–H groups in total. The van der Waals surface area contributed by atoms with Gasteiger partial charge in [0.25, 0.3) is 0 Å². The molecule has 4 nitrogen and oxygen atoms in total. The predicted molar refractivity (Wildman–Crippen MR) is 162 cm³/mol. The number of pyridine rings is 1. The minimum Gasteiger partial charge on any atom is -0.264 e. The molecule has 0 aliphatic carbocycles. The third-order valence-corrected chi connectivity index (χ3v) is 7.01. The molecule has 0 spiro atoms. The highest BCUT2D eigenvalue weighted by atomic mass is 15.0. The second-order valence-corrected chi connectivity index (χ2v) is 9.60. The van der Waals surface area contributed by atoms with Crippen LogP contribution in [0, 0.1) is 0 Å². The highest BCUT2D eigenvalue weighted by molar-refractivity contribution is 5.98. The second-order valence-electron chi connectivity index (χ2n) is 9.60. The van der Waals surface area contributed by atoms with Gasteiger partial charge in [-0.1, -0.05) is 115 Å². The normalized spacial score (nSPS) is 11.0. The molecule has 0 aliphatic rings. The zero-order valence-corrected chi connectivity index (χ0v) is 21.6. The molecule has 0 saturated carbocycles. The Bertz CT molecular complexity index is 1880. The van der Waals surface area contributed by atoms with Gasteiger partial charge in [0.05, 0.1) is 0 Å². The molecule has 5 aromatic carbocycles. The van der Waals surface area contributed by atoms with E-state index in [1.54, 1.807) is 6.20 Å². The van der Waals surface area contributed by atoms with Crippen molar-refractivity contribution in [2.75, 3.05) is 0 Å². The molecule has 0 aliphatic heterocycles. The first-order chi connectivity index (χ1) is 19.8. The first-order valence-electron chi connectivity index (χ1n) is 13.2. The summed E-state index contributed by atoms with van der Waals surface area (Å²) in [5, 5.41) is 2.38. The molecule has 0 saturated heterocycles. The van der Waals surface area contributed by atoms with Crippen LogP contribution in [0.25, 0.3) is 67.2 Å². The van der Waals surface area contributed by atoms with Gasteiger partial charge in [0.15, 0.2) is 17.5 Å². The SMILES string of the molecule is c1ccc(-c2nc(-c3ccccc3)nc(-c3cccc(-c4ccc5c(-c6cccnc6)cccc5c4)c3)n2)cc1. The van der Waals surface area contributed by atoms with E-state index in [1.807, 2.05) is 72.9 Å². The van der Waals surface area contributed by atoms with Crippen molar-refractivity contribution in [3.05, 3.63) is 146 Å². The monoisotopic (exact) mass is 512 g/mol. The summed E-state index contributed by atoms with van der Waals surface area (Å²) in [4.78, 5) is 18.9. The van der Waals surface area contributed by atoms with Crippen molar-refractivity contribution in [3.8, 4) is 56.4 Å². The Hall–Kier alpha value is -5.48. The van der Waals surface area contributed by atoms with E-state index in [-0.39, 0.29) is 0 Å². The largest absolute Gasteiger partial charge is 0.264 e. The van der Waals surface area contributed by atoms with Crippen LogP contribution in [-0.4, -0.2) is 19.9 Å². The molecule has 0 atom stereocenters. The smallest absolute Gasteiger partial charge is 0.164 e. The highest BCUT2D eigenvalue weighted by Gasteiger charge is 2.13. The topological polar surface area (TPSA) is 51.6 Å². The average Bonchev–Trinajstić information content (AvgIpc) is 3.05. The summed E-state index contributed by atoms with van der Waals surface area (Å²) in [6.45, 7) is 0. The summed E-state index contributed by atoms with van der Waals surface area (Å²) in [6.07, 6.45) is 3.71. The van der Waals surface area contributed by atoms with Gasteiger partial charge in [-0.05, 0) is 45.7 Å². The Morgan fingerprint density at radius 3 is 1.62 bits per heavy atom. The lowest BCUT2D eigenvalue weighted by Crippen LogP contribution is -2.00. The fourth-order valence-electron chi connectivity index (χ4n) is 5.01. The first-order valence-corrected chi connectivity index (χ1v) is 13.2. The van der Waals surface area contributed by atoms with Crippen LogP contribution in [0.2, 0.25) is 0 Å². The van der Waals surface area contributed by atoms with Crippen LogP contribution in [0.15, 0.2) is 146 Å². The van der Waals surface area contributed by atoms with Crippen LogP contribution in [0.4, 0.5) is 0 Å². The number of hydrogen-bond donors (Lipinski definition) is 0. The average molecular weight is 513 g/mol. The summed E-state index contributed by atoms with van der Waals surface area (Å²) in [6, 6.07) is 45.6. The minimum atomic E-state index is 0.647. The molecule has 2 heterocycles. The fourth-order valence-corrected chi connectivity index (χ4v) is 5.01. The van der Waals surface area contributed by atoms with Gasteiger partial charge in [0, 0.05) is 34.6 Å². The van der Waals surface area contributed by atoms with Crippen LogP contribution in [0.5, 0.6) is 0 Å². The molecule has 0 unspecified atom stereocenters. The van der Waals surface area contributed by atoms with E-state index in [0.29, 0.717) is 17.5 Å². The highest BCUT2D eigenvalue weighted by Crippen LogP contribution is 2.33. The van der Waals surface area contributed by atoms with Crippen LogP contribution in [0.1, 0.15) is 0 Å². The van der Waals surface area contributed by atoms with Gasteiger partial charge in [-0.15, -0.1) is 0 Å². The maximum atomic E-state index is 4.90. The van der Waals surface area contributed by atoms with Gasteiger partial charge in [-0.2, -0.15) is 0 Å². The molecule has 0 amide bonds. The molecule has 0 radical (unpaired) electrons. The Balaban J connectivity index is 1.32. The zero-order chi connectivity index (χ0) is 26.7. The van der Waals surface area contributed by atoms with E-state index in [4.69, 9.17) is 15.0 Å². The second kappa shape index (κ2) is 10.4. The molecular formula is C36H24N4. The van der Waals surface area contributed by atoms with Gasteiger partial charge in [0.2, 0.25) is 0 Å². The fraction of sp³-hybridized carbons (Fsp3) is 0. The molecular weight excluding hydrogens is 488 g/mol. The lowest BCUT2D eigenvalue weighted by Gasteiger charge is -2.11. The quantitative estimate of drug-likeness (QED) is 0.231.